The third-order valence-corrected chi connectivity index (χ3v) is 4.29. The molecule has 0 aliphatic heterocycles. The molecule has 0 aromatic carbocycles. The van der Waals surface area contributed by atoms with Crippen molar-refractivity contribution < 1.29 is 14.3 Å². The first kappa shape index (κ1) is 22.9. The lowest BCUT2D eigenvalue weighted by molar-refractivity contribution is -0.156. The Bertz CT molecular complexity index is 334. The molecule has 0 saturated heterocycles. The molecule has 3 nitrogen and oxygen atoms in total. The van der Waals surface area contributed by atoms with Gasteiger partial charge in [-0.3, -0.25) is 4.79 Å². The standard InChI is InChI=1S/C21H38O3/c1-4-20(22)24-21(23)18-16-14-12-10-8-6-5-7-9-11-13-15-17-19(2)3/h4,19H,1,5-18H2,2-3H3. The molecule has 0 aromatic heterocycles. The molecule has 0 atom stereocenters. The van der Waals surface area contributed by atoms with Crippen LogP contribution in [0.3, 0.4) is 0 Å². The summed E-state index contributed by atoms with van der Waals surface area (Å²) >= 11 is 0. The monoisotopic (exact) mass is 338 g/mol. The van der Waals surface area contributed by atoms with Gasteiger partial charge in [0.1, 0.15) is 0 Å². The first-order chi connectivity index (χ1) is 11.6. The molecule has 0 rings (SSSR count). The van der Waals surface area contributed by atoms with E-state index in [1.165, 1.54) is 64.2 Å². The lowest BCUT2D eigenvalue weighted by Gasteiger charge is -2.05. The minimum atomic E-state index is -0.653. The molecular weight excluding hydrogens is 300 g/mol. The van der Waals surface area contributed by atoms with Crippen LogP contribution in [-0.2, 0) is 14.3 Å². The van der Waals surface area contributed by atoms with E-state index in [2.05, 4.69) is 25.2 Å². The zero-order valence-corrected chi connectivity index (χ0v) is 16.0. The smallest absolute Gasteiger partial charge is 0.337 e. The predicted octanol–water partition coefficient (Wildman–Crippen LogP) is 6.36. The van der Waals surface area contributed by atoms with Gasteiger partial charge in [0, 0.05) is 12.5 Å². The van der Waals surface area contributed by atoms with Crippen LogP contribution in [0.4, 0.5) is 0 Å². The van der Waals surface area contributed by atoms with Crippen LogP contribution in [0.25, 0.3) is 0 Å². The quantitative estimate of drug-likeness (QED) is 0.142. The van der Waals surface area contributed by atoms with Crippen molar-refractivity contribution in [2.45, 2.75) is 104 Å². The summed E-state index contributed by atoms with van der Waals surface area (Å²) in [6, 6.07) is 0. The Morgan fingerprint density at radius 2 is 1.21 bits per heavy atom. The second-order valence-corrected chi connectivity index (χ2v) is 7.17. The van der Waals surface area contributed by atoms with Crippen LogP contribution in [0.5, 0.6) is 0 Å². The highest BCUT2D eigenvalue weighted by atomic mass is 16.6. The minimum absolute atomic E-state index is 0.330. The van der Waals surface area contributed by atoms with E-state index in [9.17, 15) is 9.59 Å². The van der Waals surface area contributed by atoms with Gasteiger partial charge in [0.15, 0.2) is 0 Å². The van der Waals surface area contributed by atoms with Crippen molar-refractivity contribution in [3.63, 3.8) is 0 Å². The first-order valence-electron chi connectivity index (χ1n) is 9.93. The maximum absolute atomic E-state index is 11.3. The van der Waals surface area contributed by atoms with Gasteiger partial charge in [-0.15, -0.1) is 0 Å². The summed E-state index contributed by atoms with van der Waals surface area (Å²) in [6.07, 6.45) is 17.9. The van der Waals surface area contributed by atoms with Crippen LogP contribution in [0.15, 0.2) is 12.7 Å². The predicted molar refractivity (Wildman–Crippen MR) is 101 cm³/mol. The van der Waals surface area contributed by atoms with Gasteiger partial charge >= 0.3 is 11.9 Å². The summed E-state index contributed by atoms with van der Waals surface area (Å²) in [5, 5.41) is 0. The van der Waals surface area contributed by atoms with E-state index >= 15 is 0 Å². The molecule has 3 heteroatoms. The van der Waals surface area contributed by atoms with Crippen molar-refractivity contribution in [3.05, 3.63) is 12.7 Å². The van der Waals surface area contributed by atoms with Crippen LogP contribution in [0, 0.1) is 5.92 Å². The Balaban J connectivity index is 3.16. The second kappa shape index (κ2) is 16.7. The van der Waals surface area contributed by atoms with E-state index in [0.717, 1.165) is 31.3 Å². The Morgan fingerprint density at radius 3 is 1.62 bits per heavy atom. The molecule has 140 valence electrons. The Morgan fingerprint density at radius 1 is 0.792 bits per heavy atom. The van der Waals surface area contributed by atoms with E-state index in [4.69, 9.17) is 0 Å². The Labute approximate surface area is 149 Å². The molecule has 0 aliphatic rings. The first-order valence-corrected chi connectivity index (χ1v) is 9.93. The highest BCUT2D eigenvalue weighted by molar-refractivity contribution is 5.91. The molecule has 0 saturated carbocycles. The van der Waals surface area contributed by atoms with Crippen molar-refractivity contribution in [1.82, 2.24) is 0 Å². The molecule has 0 aromatic rings. The molecule has 24 heavy (non-hydrogen) atoms. The fraction of sp³-hybridized carbons (Fsp3) is 0.810. The molecule has 0 unspecified atom stereocenters. The summed E-state index contributed by atoms with van der Waals surface area (Å²) in [5.74, 6) is -0.238. The molecular formula is C21H38O3. The molecule has 0 radical (unpaired) electrons. The number of unbranched alkanes of at least 4 members (excludes halogenated alkanes) is 11. The zero-order valence-electron chi connectivity index (χ0n) is 16.0. The fourth-order valence-corrected chi connectivity index (χ4v) is 2.79. The number of esters is 2. The third-order valence-electron chi connectivity index (χ3n) is 4.29. The van der Waals surface area contributed by atoms with Crippen LogP contribution >= 0.6 is 0 Å². The number of hydrogen-bond donors (Lipinski definition) is 0. The Kier molecular flexibility index (Phi) is 15.9. The van der Waals surface area contributed by atoms with Gasteiger partial charge in [-0.05, 0) is 12.3 Å². The highest BCUT2D eigenvalue weighted by Gasteiger charge is 2.06. The molecule has 0 heterocycles. The van der Waals surface area contributed by atoms with Crippen LogP contribution in [0.1, 0.15) is 104 Å². The molecule has 0 spiro atoms. The van der Waals surface area contributed by atoms with Crippen molar-refractivity contribution in [2.75, 3.05) is 0 Å². The molecule has 0 N–H and O–H groups in total. The zero-order chi connectivity index (χ0) is 18.0. The molecule has 0 bridgehead atoms. The van der Waals surface area contributed by atoms with Gasteiger partial charge in [0.05, 0.1) is 0 Å². The summed E-state index contributed by atoms with van der Waals surface area (Å²) < 4.78 is 4.52. The van der Waals surface area contributed by atoms with Crippen molar-refractivity contribution in [2.24, 2.45) is 5.92 Å². The van der Waals surface area contributed by atoms with Crippen molar-refractivity contribution >= 4 is 11.9 Å². The fourth-order valence-electron chi connectivity index (χ4n) is 2.79. The van der Waals surface area contributed by atoms with Crippen LogP contribution in [-0.4, -0.2) is 11.9 Å². The number of carbonyl (C=O) groups excluding carboxylic acids is 2. The van der Waals surface area contributed by atoms with Crippen LogP contribution in [0.2, 0.25) is 0 Å². The third kappa shape index (κ3) is 17.2. The van der Waals surface area contributed by atoms with Gasteiger partial charge in [-0.2, -0.15) is 0 Å². The van der Waals surface area contributed by atoms with E-state index in [-0.39, 0.29) is 0 Å². The van der Waals surface area contributed by atoms with E-state index < -0.39 is 11.9 Å². The average Bonchev–Trinajstić information content (AvgIpc) is 2.54. The number of carbonyl (C=O) groups is 2. The van der Waals surface area contributed by atoms with Gasteiger partial charge in [-0.1, -0.05) is 97.5 Å². The summed E-state index contributed by atoms with van der Waals surface area (Å²) in [5.41, 5.74) is 0. The summed E-state index contributed by atoms with van der Waals surface area (Å²) in [6.45, 7) is 7.87. The average molecular weight is 339 g/mol. The normalized spacial score (nSPS) is 10.8. The molecule has 0 aliphatic carbocycles. The minimum Gasteiger partial charge on any atom is -0.390 e. The van der Waals surface area contributed by atoms with E-state index in [1.807, 2.05) is 0 Å². The maximum atomic E-state index is 11.3. The summed E-state index contributed by atoms with van der Waals surface area (Å²) in [4.78, 5) is 22.1. The lowest BCUT2D eigenvalue weighted by Crippen LogP contribution is -2.09. The topological polar surface area (TPSA) is 43.4 Å². The van der Waals surface area contributed by atoms with Crippen LogP contribution < -0.4 is 0 Å². The summed E-state index contributed by atoms with van der Waals surface area (Å²) in [7, 11) is 0. The van der Waals surface area contributed by atoms with Crippen molar-refractivity contribution in [3.8, 4) is 0 Å². The largest absolute Gasteiger partial charge is 0.390 e. The van der Waals surface area contributed by atoms with E-state index in [1.54, 1.807) is 0 Å². The number of hydrogen-bond acceptors (Lipinski definition) is 3. The maximum Gasteiger partial charge on any atom is 0.337 e. The number of ether oxygens (including phenoxy) is 1. The lowest BCUT2D eigenvalue weighted by atomic mass is 10.0. The van der Waals surface area contributed by atoms with Gasteiger partial charge in [0.25, 0.3) is 0 Å². The van der Waals surface area contributed by atoms with E-state index in [0.29, 0.717) is 6.42 Å². The van der Waals surface area contributed by atoms with Gasteiger partial charge < -0.3 is 4.74 Å². The van der Waals surface area contributed by atoms with Gasteiger partial charge in [-0.25, -0.2) is 4.79 Å². The molecule has 0 amide bonds. The highest BCUT2D eigenvalue weighted by Crippen LogP contribution is 2.14. The SMILES string of the molecule is C=CC(=O)OC(=O)CCCCCCCCCCCCCCC(C)C. The van der Waals surface area contributed by atoms with Crippen molar-refractivity contribution in [1.29, 1.82) is 0 Å². The van der Waals surface area contributed by atoms with Gasteiger partial charge in [0.2, 0.25) is 0 Å². The number of rotatable bonds is 16. The Hall–Kier alpha value is -1.12. The molecule has 0 fully saturated rings. The second-order valence-electron chi connectivity index (χ2n) is 7.17.